The van der Waals surface area contributed by atoms with Crippen LogP contribution in [0.4, 0.5) is 11.6 Å². The Balaban J connectivity index is 1.62. The van der Waals surface area contributed by atoms with Gasteiger partial charge < -0.3 is 20.1 Å². The predicted molar refractivity (Wildman–Crippen MR) is 148 cm³/mol. The van der Waals surface area contributed by atoms with Crippen molar-refractivity contribution in [1.29, 1.82) is 0 Å². The molecule has 5 rings (SSSR count). The van der Waals surface area contributed by atoms with Crippen LogP contribution in [0.15, 0.2) is 48.9 Å². The molecular formula is C29H31N7O3. The first-order valence-electron chi connectivity index (χ1n) is 12.8. The number of carbonyl (C=O) groups excluding carboxylic acids is 1. The van der Waals surface area contributed by atoms with Crippen LogP contribution in [0.2, 0.25) is 0 Å². The van der Waals surface area contributed by atoms with Gasteiger partial charge in [0.15, 0.2) is 5.65 Å². The number of ether oxygens (including phenoxy) is 2. The first-order valence-corrected chi connectivity index (χ1v) is 12.8. The third-order valence-electron chi connectivity index (χ3n) is 6.01. The molecule has 0 spiro atoms. The Hall–Kier alpha value is -4.65. The molecule has 0 saturated heterocycles. The van der Waals surface area contributed by atoms with Crippen molar-refractivity contribution in [1.82, 2.24) is 24.6 Å². The highest BCUT2D eigenvalue weighted by molar-refractivity contribution is 5.81. The number of nitrogen functional groups attached to an aromatic ring is 1. The molecule has 1 aromatic carbocycles. The number of rotatable bonds is 7. The second-order valence-electron chi connectivity index (χ2n) is 10.5. The zero-order chi connectivity index (χ0) is 27.6. The minimum atomic E-state index is -0.623. The summed E-state index contributed by atoms with van der Waals surface area (Å²) in [4.78, 5) is 27.9. The maximum Gasteiger partial charge on any atom is 0.326 e. The first kappa shape index (κ1) is 26.0. The van der Waals surface area contributed by atoms with Gasteiger partial charge in [-0.1, -0.05) is 18.1 Å². The zero-order valence-corrected chi connectivity index (χ0v) is 22.5. The number of aromatic nitrogens is 5. The number of benzene rings is 1. The van der Waals surface area contributed by atoms with Gasteiger partial charge in [-0.2, -0.15) is 5.10 Å². The fraction of sp³-hybridized carbons (Fsp3) is 0.345. The minimum absolute atomic E-state index is 0.00338. The smallest absolute Gasteiger partial charge is 0.326 e. The number of imidazole rings is 1. The van der Waals surface area contributed by atoms with Crippen molar-refractivity contribution in [3.8, 4) is 28.8 Å². The molecular weight excluding hydrogens is 494 g/mol. The summed E-state index contributed by atoms with van der Waals surface area (Å²) in [5, 5.41) is 4.82. The molecule has 1 aliphatic carbocycles. The number of fused-ring (bicyclic) bond motifs is 1. The van der Waals surface area contributed by atoms with E-state index in [2.05, 4.69) is 26.8 Å². The maximum absolute atomic E-state index is 13.1. The second kappa shape index (κ2) is 10.6. The van der Waals surface area contributed by atoms with Gasteiger partial charge in [-0.15, -0.1) is 0 Å². The molecule has 39 heavy (non-hydrogen) atoms. The number of nitrogens with zero attached hydrogens (tertiary/aromatic N) is 6. The van der Waals surface area contributed by atoms with E-state index < -0.39 is 5.60 Å². The second-order valence-corrected chi connectivity index (χ2v) is 10.5. The molecule has 0 unspecified atom stereocenters. The van der Waals surface area contributed by atoms with Crippen LogP contribution in [0, 0.1) is 17.8 Å². The van der Waals surface area contributed by atoms with Gasteiger partial charge in [0.05, 0.1) is 24.7 Å². The topological polar surface area (TPSA) is 121 Å². The van der Waals surface area contributed by atoms with E-state index in [1.807, 2.05) is 56.0 Å². The Morgan fingerprint density at radius 2 is 1.85 bits per heavy atom. The van der Waals surface area contributed by atoms with Crippen LogP contribution in [0.25, 0.3) is 16.9 Å². The Kier molecular flexibility index (Phi) is 7.07. The number of hydrogen-bond acceptors (Lipinski definition) is 9. The highest BCUT2D eigenvalue weighted by Gasteiger charge is 2.24. The maximum atomic E-state index is 13.1. The number of anilines is 2. The Bertz CT molecular complexity index is 1540. The average molecular weight is 526 g/mol. The van der Waals surface area contributed by atoms with Crippen molar-refractivity contribution in [2.45, 2.75) is 45.8 Å². The van der Waals surface area contributed by atoms with E-state index in [9.17, 15) is 4.79 Å². The molecule has 10 heteroatoms. The van der Waals surface area contributed by atoms with E-state index in [4.69, 9.17) is 20.3 Å². The molecule has 4 aromatic rings. The van der Waals surface area contributed by atoms with E-state index in [0.29, 0.717) is 40.7 Å². The number of nitrogens with two attached hydrogens (primary N) is 1. The van der Waals surface area contributed by atoms with Gasteiger partial charge in [0.25, 0.3) is 0 Å². The van der Waals surface area contributed by atoms with Gasteiger partial charge in [0.1, 0.15) is 23.6 Å². The molecule has 200 valence electrons. The van der Waals surface area contributed by atoms with E-state index in [1.165, 1.54) is 0 Å². The Morgan fingerprint density at radius 1 is 1.13 bits per heavy atom. The standard InChI is InChI=1S/C29H31N7O3/c1-29(2,3)39-26(37)18-35(17-20-8-11-23(38-4)12-9-20)25-13-24(21-14-32-28(30)33-15-21)34-36-22(16-31-27(25)36)10-7-19-5-6-19/h8-9,11-16,19H,5-6,17-18H2,1-4H3,(H2,30,32,33). The molecule has 10 nitrogen and oxygen atoms in total. The highest BCUT2D eigenvalue weighted by Crippen LogP contribution is 2.30. The minimum Gasteiger partial charge on any atom is -0.497 e. The molecule has 1 saturated carbocycles. The van der Waals surface area contributed by atoms with Crippen LogP contribution in [-0.4, -0.2) is 49.8 Å². The van der Waals surface area contributed by atoms with Gasteiger partial charge in [-0.25, -0.2) is 19.5 Å². The predicted octanol–water partition coefficient (Wildman–Crippen LogP) is 3.89. The summed E-state index contributed by atoms with van der Waals surface area (Å²) in [6, 6.07) is 9.59. The van der Waals surface area contributed by atoms with E-state index >= 15 is 0 Å². The van der Waals surface area contributed by atoms with Crippen molar-refractivity contribution in [3.05, 3.63) is 60.2 Å². The van der Waals surface area contributed by atoms with Crippen LogP contribution in [0.5, 0.6) is 5.75 Å². The van der Waals surface area contributed by atoms with Crippen LogP contribution in [0.1, 0.15) is 44.9 Å². The van der Waals surface area contributed by atoms with Crippen molar-refractivity contribution < 1.29 is 14.3 Å². The van der Waals surface area contributed by atoms with Crippen molar-refractivity contribution in [2.75, 3.05) is 24.3 Å². The van der Waals surface area contributed by atoms with Crippen molar-refractivity contribution >= 4 is 23.3 Å². The summed E-state index contributed by atoms with van der Waals surface area (Å²) in [6.07, 6.45) is 7.18. The quantitative estimate of drug-likeness (QED) is 0.283. The van der Waals surface area contributed by atoms with Gasteiger partial charge >= 0.3 is 5.97 Å². The van der Waals surface area contributed by atoms with Crippen LogP contribution in [0.3, 0.4) is 0 Å². The number of esters is 1. The molecule has 1 fully saturated rings. The summed E-state index contributed by atoms with van der Waals surface area (Å²) >= 11 is 0. The highest BCUT2D eigenvalue weighted by atomic mass is 16.6. The van der Waals surface area contributed by atoms with E-state index in [1.54, 1.807) is 30.2 Å². The third-order valence-corrected chi connectivity index (χ3v) is 6.01. The summed E-state index contributed by atoms with van der Waals surface area (Å²) in [6.45, 7) is 5.96. The molecule has 2 N–H and O–H groups in total. The molecule has 0 amide bonds. The summed E-state index contributed by atoms with van der Waals surface area (Å²) < 4.78 is 12.7. The van der Waals surface area contributed by atoms with Gasteiger partial charge in [0.2, 0.25) is 5.95 Å². The summed E-state index contributed by atoms with van der Waals surface area (Å²) in [7, 11) is 1.63. The van der Waals surface area contributed by atoms with Gasteiger partial charge in [-0.05, 0) is 63.3 Å². The van der Waals surface area contributed by atoms with Crippen molar-refractivity contribution in [2.24, 2.45) is 5.92 Å². The monoisotopic (exact) mass is 525 g/mol. The lowest BCUT2D eigenvalue weighted by Gasteiger charge is -2.27. The van der Waals surface area contributed by atoms with Crippen LogP contribution >= 0.6 is 0 Å². The first-order chi connectivity index (χ1) is 18.7. The average Bonchev–Trinajstić information content (AvgIpc) is 3.64. The fourth-order valence-electron chi connectivity index (χ4n) is 3.99. The lowest BCUT2D eigenvalue weighted by molar-refractivity contribution is -0.153. The van der Waals surface area contributed by atoms with E-state index in [0.717, 1.165) is 24.2 Å². The third kappa shape index (κ3) is 6.44. The summed E-state index contributed by atoms with van der Waals surface area (Å²) in [5.41, 5.74) is 9.27. The summed E-state index contributed by atoms with van der Waals surface area (Å²) in [5.74, 6) is 7.50. The molecule has 0 radical (unpaired) electrons. The van der Waals surface area contributed by atoms with Gasteiger partial charge in [0, 0.05) is 30.4 Å². The van der Waals surface area contributed by atoms with E-state index in [-0.39, 0.29) is 18.5 Å². The number of methoxy groups -OCH3 is 1. The Labute approximate surface area is 227 Å². The normalized spacial score (nSPS) is 13.0. The molecule has 0 aliphatic heterocycles. The molecule has 0 bridgehead atoms. The Morgan fingerprint density at radius 3 is 2.49 bits per heavy atom. The molecule has 1 aliphatic rings. The van der Waals surface area contributed by atoms with Crippen LogP contribution in [-0.2, 0) is 16.1 Å². The molecule has 3 heterocycles. The SMILES string of the molecule is COc1ccc(CN(CC(=O)OC(C)(C)C)c2cc(-c3cnc(N)nc3)nn3c(C#CC4CC4)cnc23)cc1. The zero-order valence-electron chi connectivity index (χ0n) is 22.5. The lowest BCUT2D eigenvalue weighted by Crippen LogP contribution is -2.35. The molecule has 0 atom stereocenters. The largest absolute Gasteiger partial charge is 0.497 e. The number of hydrogen-bond donors (Lipinski definition) is 1. The fourth-order valence-corrected chi connectivity index (χ4v) is 3.99. The van der Waals surface area contributed by atoms with Crippen LogP contribution < -0.4 is 15.4 Å². The van der Waals surface area contributed by atoms with Crippen molar-refractivity contribution in [3.63, 3.8) is 0 Å². The number of carbonyl (C=O) groups is 1. The van der Waals surface area contributed by atoms with Gasteiger partial charge in [-0.3, -0.25) is 4.79 Å². The molecule has 3 aromatic heterocycles. The lowest BCUT2D eigenvalue weighted by atomic mass is 10.1.